The molecule has 0 unspecified atom stereocenters. The highest BCUT2D eigenvalue weighted by Gasteiger charge is 2.27. The molecular weight excluding hydrogens is 386 g/mol. The molecular formula is C19H21NO7S. The number of benzene rings is 1. The first-order valence-electron chi connectivity index (χ1n) is 8.37. The zero-order chi connectivity index (χ0) is 20.7. The van der Waals surface area contributed by atoms with Crippen LogP contribution < -0.4 is 14.8 Å². The number of hydrogen-bond donors (Lipinski definition) is 1. The minimum atomic E-state index is -0.632. The van der Waals surface area contributed by atoms with Gasteiger partial charge in [0.15, 0.2) is 18.1 Å². The predicted molar refractivity (Wildman–Crippen MR) is 103 cm³/mol. The summed E-state index contributed by atoms with van der Waals surface area (Å²) in [4.78, 5) is 36.8. The van der Waals surface area contributed by atoms with Gasteiger partial charge in [0.1, 0.15) is 9.88 Å². The Bertz CT molecular complexity index is 875. The summed E-state index contributed by atoms with van der Waals surface area (Å²) >= 11 is 0.943. The van der Waals surface area contributed by atoms with Gasteiger partial charge in [-0.1, -0.05) is 12.1 Å². The van der Waals surface area contributed by atoms with E-state index in [0.717, 1.165) is 11.3 Å². The summed E-state index contributed by atoms with van der Waals surface area (Å²) in [6, 6.07) is 6.90. The zero-order valence-electron chi connectivity index (χ0n) is 16.0. The van der Waals surface area contributed by atoms with Gasteiger partial charge in [-0.2, -0.15) is 0 Å². The smallest absolute Gasteiger partial charge is 0.348 e. The number of amides is 1. The lowest BCUT2D eigenvalue weighted by Gasteiger charge is -2.10. The fraction of sp³-hybridized carbons (Fsp3) is 0.316. The van der Waals surface area contributed by atoms with E-state index in [2.05, 4.69) is 5.32 Å². The highest BCUT2D eigenvalue weighted by atomic mass is 32.1. The maximum atomic E-state index is 12.3. The number of nitrogens with one attached hydrogen (secondary N) is 1. The summed E-state index contributed by atoms with van der Waals surface area (Å²) in [6.45, 7) is 3.11. The molecule has 8 nitrogen and oxygen atoms in total. The van der Waals surface area contributed by atoms with Gasteiger partial charge in [-0.15, -0.1) is 11.3 Å². The summed E-state index contributed by atoms with van der Waals surface area (Å²) in [5, 5.41) is 2.80. The molecule has 0 radical (unpaired) electrons. The minimum Gasteiger partial charge on any atom is -0.493 e. The third-order valence-corrected chi connectivity index (χ3v) is 4.87. The molecule has 0 aliphatic carbocycles. The van der Waals surface area contributed by atoms with Gasteiger partial charge in [-0.25, -0.2) is 9.59 Å². The number of carbonyl (C=O) groups excluding carboxylic acids is 3. The summed E-state index contributed by atoms with van der Waals surface area (Å²) < 4.78 is 20.4. The van der Waals surface area contributed by atoms with E-state index in [4.69, 9.17) is 18.9 Å². The number of ether oxygens (including phenoxy) is 4. The molecule has 0 aliphatic rings. The molecule has 1 amide bonds. The van der Waals surface area contributed by atoms with Crippen LogP contribution in [0.25, 0.3) is 0 Å². The molecule has 0 aliphatic heterocycles. The van der Waals surface area contributed by atoms with Crippen LogP contribution in [0.1, 0.15) is 32.5 Å². The topological polar surface area (TPSA) is 100 Å². The second-order valence-electron chi connectivity index (χ2n) is 5.46. The number of carbonyl (C=O) groups is 3. The maximum Gasteiger partial charge on any atom is 0.348 e. The standard InChI is InChI=1S/C19H21NO7S/c1-5-26-18(22)15-11(2)16(19(23)25-4)28-17(15)20-14(21)10-27-13-9-7-6-8-12(13)24-3/h6-9H,5,10H2,1-4H3,(H,20,21). The van der Waals surface area contributed by atoms with Crippen molar-refractivity contribution in [3.05, 3.63) is 40.3 Å². The Morgan fingerprint density at radius 1 is 1.07 bits per heavy atom. The average molecular weight is 407 g/mol. The molecule has 2 aromatic rings. The van der Waals surface area contributed by atoms with Crippen LogP contribution in [-0.4, -0.2) is 45.3 Å². The number of hydrogen-bond acceptors (Lipinski definition) is 8. The van der Waals surface area contributed by atoms with Crippen LogP contribution in [0.5, 0.6) is 11.5 Å². The zero-order valence-corrected chi connectivity index (χ0v) is 16.8. The Morgan fingerprint density at radius 2 is 1.75 bits per heavy atom. The molecule has 1 aromatic heterocycles. The van der Waals surface area contributed by atoms with Crippen LogP contribution in [0, 0.1) is 6.92 Å². The Hall–Kier alpha value is -3.07. The number of thiophene rings is 1. The molecule has 0 atom stereocenters. The highest BCUT2D eigenvalue weighted by Crippen LogP contribution is 2.34. The summed E-state index contributed by atoms with van der Waals surface area (Å²) in [7, 11) is 2.74. The number of rotatable bonds is 8. The van der Waals surface area contributed by atoms with Gasteiger partial charge in [0.2, 0.25) is 0 Å². The third-order valence-electron chi connectivity index (χ3n) is 3.68. The van der Waals surface area contributed by atoms with Crippen molar-refractivity contribution in [3.8, 4) is 11.5 Å². The molecule has 0 saturated heterocycles. The van der Waals surface area contributed by atoms with E-state index >= 15 is 0 Å². The highest BCUT2D eigenvalue weighted by molar-refractivity contribution is 7.18. The average Bonchev–Trinajstić information content (AvgIpc) is 3.01. The first-order valence-corrected chi connectivity index (χ1v) is 9.19. The van der Waals surface area contributed by atoms with Gasteiger partial charge in [-0.05, 0) is 31.5 Å². The van der Waals surface area contributed by atoms with Gasteiger partial charge in [-0.3, -0.25) is 4.79 Å². The Labute approximate surface area is 166 Å². The number of esters is 2. The molecule has 2 rings (SSSR count). The molecule has 0 saturated carbocycles. The molecule has 0 bridgehead atoms. The van der Waals surface area contributed by atoms with Crippen molar-refractivity contribution in [2.24, 2.45) is 0 Å². The van der Waals surface area contributed by atoms with Crippen molar-refractivity contribution in [3.63, 3.8) is 0 Å². The molecule has 150 valence electrons. The van der Waals surface area contributed by atoms with E-state index in [1.165, 1.54) is 14.2 Å². The molecule has 1 N–H and O–H groups in total. The predicted octanol–water partition coefficient (Wildman–Crippen LogP) is 3.05. The molecule has 0 fully saturated rings. The fourth-order valence-corrected chi connectivity index (χ4v) is 3.51. The summed E-state index contributed by atoms with van der Waals surface area (Å²) in [5.74, 6) is -0.842. The molecule has 28 heavy (non-hydrogen) atoms. The summed E-state index contributed by atoms with van der Waals surface area (Å²) in [5.41, 5.74) is 0.508. The van der Waals surface area contributed by atoms with E-state index in [1.54, 1.807) is 38.1 Å². The van der Waals surface area contributed by atoms with Gasteiger partial charge >= 0.3 is 11.9 Å². The van der Waals surface area contributed by atoms with Crippen LogP contribution in [-0.2, 0) is 14.3 Å². The Balaban J connectivity index is 2.20. The van der Waals surface area contributed by atoms with Crippen LogP contribution in [0.4, 0.5) is 5.00 Å². The molecule has 0 spiro atoms. The molecule has 1 heterocycles. The third kappa shape index (κ3) is 4.80. The van der Waals surface area contributed by atoms with Crippen molar-refractivity contribution >= 4 is 34.2 Å². The van der Waals surface area contributed by atoms with E-state index in [1.807, 2.05) is 0 Å². The van der Waals surface area contributed by atoms with E-state index in [0.29, 0.717) is 17.1 Å². The second-order valence-corrected chi connectivity index (χ2v) is 6.48. The Kier molecular flexibility index (Phi) is 7.39. The lowest BCUT2D eigenvalue weighted by atomic mass is 10.1. The van der Waals surface area contributed by atoms with E-state index in [-0.39, 0.29) is 28.7 Å². The van der Waals surface area contributed by atoms with Crippen molar-refractivity contribution in [2.75, 3.05) is 32.8 Å². The first kappa shape index (κ1) is 21.2. The van der Waals surface area contributed by atoms with Crippen molar-refractivity contribution in [2.45, 2.75) is 13.8 Å². The number of anilines is 1. The summed E-state index contributed by atoms with van der Waals surface area (Å²) in [6.07, 6.45) is 0. The quantitative estimate of drug-likeness (QED) is 0.671. The number of para-hydroxylation sites is 2. The van der Waals surface area contributed by atoms with E-state index in [9.17, 15) is 14.4 Å². The van der Waals surface area contributed by atoms with Crippen LogP contribution in [0.2, 0.25) is 0 Å². The largest absolute Gasteiger partial charge is 0.493 e. The van der Waals surface area contributed by atoms with Gasteiger partial charge in [0.25, 0.3) is 5.91 Å². The normalized spacial score (nSPS) is 10.1. The minimum absolute atomic E-state index is 0.123. The lowest BCUT2D eigenvalue weighted by Crippen LogP contribution is -2.21. The van der Waals surface area contributed by atoms with Gasteiger partial charge in [0, 0.05) is 0 Å². The molecule has 9 heteroatoms. The van der Waals surface area contributed by atoms with Crippen molar-refractivity contribution in [1.82, 2.24) is 0 Å². The van der Waals surface area contributed by atoms with E-state index < -0.39 is 17.8 Å². The molecule has 1 aromatic carbocycles. The number of methoxy groups -OCH3 is 2. The second kappa shape index (κ2) is 9.75. The van der Waals surface area contributed by atoms with Crippen LogP contribution in [0.15, 0.2) is 24.3 Å². The van der Waals surface area contributed by atoms with Crippen molar-refractivity contribution in [1.29, 1.82) is 0 Å². The lowest BCUT2D eigenvalue weighted by molar-refractivity contribution is -0.118. The fourth-order valence-electron chi connectivity index (χ4n) is 2.38. The SMILES string of the molecule is CCOC(=O)c1c(NC(=O)COc2ccccc2OC)sc(C(=O)OC)c1C. The first-order chi connectivity index (χ1) is 13.4. The van der Waals surface area contributed by atoms with Crippen LogP contribution >= 0.6 is 11.3 Å². The van der Waals surface area contributed by atoms with Gasteiger partial charge in [0.05, 0.1) is 26.4 Å². The van der Waals surface area contributed by atoms with Crippen LogP contribution in [0.3, 0.4) is 0 Å². The monoisotopic (exact) mass is 407 g/mol. The van der Waals surface area contributed by atoms with Gasteiger partial charge < -0.3 is 24.3 Å². The Morgan fingerprint density at radius 3 is 2.36 bits per heavy atom. The maximum absolute atomic E-state index is 12.3. The van der Waals surface area contributed by atoms with Crippen molar-refractivity contribution < 1.29 is 33.3 Å².